The van der Waals surface area contributed by atoms with Gasteiger partial charge in [-0.3, -0.25) is 0 Å². The highest BCUT2D eigenvalue weighted by Gasteiger charge is 2.22. The summed E-state index contributed by atoms with van der Waals surface area (Å²) in [7, 11) is 1.82. The van der Waals surface area contributed by atoms with E-state index in [1.165, 1.54) is 18.1 Å². The normalized spacial score (nSPS) is 15.6. The van der Waals surface area contributed by atoms with Crippen LogP contribution in [0, 0.1) is 5.92 Å². The van der Waals surface area contributed by atoms with Crippen LogP contribution in [0.1, 0.15) is 13.8 Å². The molecule has 0 aromatic carbocycles. The van der Waals surface area contributed by atoms with Crippen LogP contribution in [0.5, 0.6) is 0 Å². The lowest BCUT2D eigenvalue weighted by atomic mass is 10.0. The van der Waals surface area contributed by atoms with Crippen LogP contribution >= 0.6 is 11.8 Å². The summed E-state index contributed by atoms with van der Waals surface area (Å²) in [5.41, 5.74) is 6.00. The second-order valence-corrected chi connectivity index (χ2v) is 5.03. The number of hydrogen-bond acceptors (Lipinski definition) is 5. The summed E-state index contributed by atoms with van der Waals surface area (Å²) in [5, 5.41) is 14.0. The maximum atomic E-state index is 9.28. The molecule has 15 heavy (non-hydrogen) atoms. The summed E-state index contributed by atoms with van der Waals surface area (Å²) < 4.78 is 1.68. The topological polar surface area (TPSA) is 77.0 Å². The van der Waals surface area contributed by atoms with Crippen molar-refractivity contribution >= 4 is 11.8 Å². The minimum absolute atomic E-state index is 0.0344. The van der Waals surface area contributed by atoms with Crippen LogP contribution in [-0.2, 0) is 7.05 Å². The van der Waals surface area contributed by atoms with Crippen LogP contribution in [0.25, 0.3) is 0 Å². The van der Waals surface area contributed by atoms with E-state index in [0.717, 1.165) is 5.16 Å². The number of rotatable bonds is 5. The molecule has 0 aliphatic rings. The van der Waals surface area contributed by atoms with Crippen molar-refractivity contribution < 1.29 is 5.11 Å². The van der Waals surface area contributed by atoms with Gasteiger partial charge in [-0.1, -0.05) is 25.6 Å². The van der Waals surface area contributed by atoms with Crippen LogP contribution < -0.4 is 5.73 Å². The highest BCUT2D eigenvalue weighted by molar-refractivity contribution is 7.99. The molecule has 2 unspecified atom stereocenters. The summed E-state index contributed by atoms with van der Waals surface area (Å²) in [6, 6.07) is -0.0447. The number of aliphatic hydroxyl groups excluding tert-OH is 1. The average molecular weight is 230 g/mol. The summed E-state index contributed by atoms with van der Waals surface area (Å²) in [6.07, 6.45) is 1.50. The van der Waals surface area contributed by atoms with Crippen LogP contribution in [0.15, 0.2) is 11.5 Å². The third-order valence-electron chi connectivity index (χ3n) is 2.31. The first kappa shape index (κ1) is 12.5. The van der Waals surface area contributed by atoms with Crippen molar-refractivity contribution in [3.63, 3.8) is 0 Å². The largest absolute Gasteiger partial charge is 0.395 e. The van der Waals surface area contributed by atoms with Crippen molar-refractivity contribution in [2.24, 2.45) is 18.7 Å². The molecule has 1 heterocycles. The van der Waals surface area contributed by atoms with Crippen molar-refractivity contribution in [2.75, 3.05) is 6.61 Å². The number of hydrogen-bond donors (Lipinski definition) is 2. The first-order chi connectivity index (χ1) is 7.06. The van der Waals surface area contributed by atoms with Gasteiger partial charge in [0, 0.05) is 13.1 Å². The third kappa shape index (κ3) is 3.19. The molecule has 0 spiro atoms. The van der Waals surface area contributed by atoms with Gasteiger partial charge < -0.3 is 10.8 Å². The molecule has 1 aromatic heterocycles. The van der Waals surface area contributed by atoms with Gasteiger partial charge >= 0.3 is 0 Å². The van der Waals surface area contributed by atoms with Crippen LogP contribution in [-0.4, -0.2) is 37.8 Å². The Labute approximate surface area is 94.1 Å². The molecule has 0 fully saturated rings. The second kappa shape index (κ2) is 5.48. The molecule has 3 N–H and O–H groups in total. The quantitative estimate of drug-likeness (QED) is 0.709. The SMILES string of the molecule is CC(C)C(N)C(CO)Sc1ncnn1C. The molecule has 1 rings (SSSR count). The average Bonchev–Trinajstić information content (AvgIpc) is 2.59. The maximum Gasteiger partial charge on any atom is 0.186 e. The summed E-state index contributed by atoms with van der Waals surface area (Å²) >= 11 is 1.47. The fraction of sp³-hybridized carbons (Fsp3) is 0.778. The third-order valence-corrected chi connectivity index (χ3v) is 3.65. The molecular formula is C9H18N4OS. The predicted octanol–water partition coefficient (Wildman–Crippen LogP) is 0.251. The minimum atomic E-state index is -0.0447. The van der Waals surface area contributed by atoms with E-state index in [4.69, 9.17) is 5.73 Å². The van der Waals surface area contributed by atoms with Gasteiger partial charge in [0.1, 0.15) is 6.33 Å². The molecule has 0 saturated carbocycles. The lowest BCUT2D eigenvalue weighted by molar-refractivity contribution is 0.269. The first-order valence-corrected chi connectivity index (χ1v) is 5.81. The zero-order valence-corrected chi connectivity index (χ0v) is 10.1. The Morgan fingerprint density at radius 1 is 1.60 bits per heavy atom. The fourth-order valence-electron chi connectivity index (χ4n) is 1.19. The van der Waals surface area contributed by atoms with E-state index in [9.17, 15) is 5.11 Å². The minimum Gasteiger partial charge on any atom is -0.395 e. The van der Waals surface area contributed by atoms with Crippen molar-refractivity contribution in [1.82, 2.24) is 14.8 Å². The van der Waals surface area contributed by atoms with Gasteiger partial charge in [0.2, 0.25) is 0 Å². The second-order valence-electron chi connectivity index (χ2n) is 3.83. The highest BCUT2D eigenvalue weighted by atomic mass is 32.2. The monoisotopic (exact) mass is 230 g/mol. The van der Waals surface area contributed by atoms with Crippen LogP contribution in [0.4, 0.5) is 0 Å². The predicted molar refractivity (Wildman–Crippen MR) is 60.5 cm³/mol. The van der Waals surface area contributed by atoms with Crippen LogP contribution in [0.2, 0.25) is 0 Å². The van der Waals surface area contributed by atoms with E-state index >= 15 is 0 Å². The lowest BCUT2D eigenvalue weighted by Gasteiger charge is -2.23. The van der Waals surface area contributed by atoms with Crippen LogP contribution in [0.3, 0.4) is 0 Å². The van der Waals surface area contributed by atoms with Gasteiger partial charge in [-0.05, 0) is 5.92 Å². The van der Waals surface area contributed by atoms with Crippen molar-refractivity contribution in [1.29, 1.82) is 0 Å². The molecule has 1 aromatic rings. The molecule has 86 valence electrons. The maximum absolute atomic E-state index is 9.28. The molecule has 0 bridgehead atoms. The number of thioether (sulfide) groups is 1. The number of nitrogens with zero attached hydrogens (tertiary/aromatic N) is 3. The Morgan fingerprint density at radius 3 is 2.67 bits per heavy atom. The summed E-state index contributed by atoms with van der Waals surface area (Å²) in [5.74, 6) is 0.336. The molecule has 0 radical (unpaired) electrons. The summed E-state index contributed by atoms with van der Waals surface area (Å²) in [4.78, 5) is 4.09. The molecule has 6 heteroatoms. The van der Waals surface area contributed by atoms with E-state index in [0.29, 0.717) is 5.92 Å². The molecule has 2 atom stereocenters. The first-order valence-electron chi connectivity index (χ1n) is 4.93. The molecular weight excluding hydrogens is 212 g/mol. The smallest absolute Gasteiger partial charge is 0.186 e. The summed E-state index contributed by atoms with van der Waals surface area (Å²) in [6.45, 7) is 4.14. The Bertz CT molecular complexity index is 302. The van der Waals surface area contributed by atoms with Gasteiger partial charge in [-0.15, -0.1) is 0 Å². The molecule has 0 saturated heterocycles. The van der Waals surface area contributed by atoms with E-state index in [1.54, 1.807) is 4.68 Å². The number of nitrogens with two attached hydrogens (primary N) is 1. The van der Waals surface area contributed by atoms with E-state index in [2.05, 4.69) is 10.1 Å². The Kier molecular flexibility index (Phi) is 4.56. The molecule has 0 aliphatic heterocycles. The molecule has 0 aliphatic carbocycles. The molecule has 5 nitrogen and oxygen atoms in total. The van der Waals surface area contributed by atoms with Crippen molar-refractivity contribution in [2.45, 2.75) is 30.3 Å². The van der Waals surface area contributed by atoms with Gasteiger partial charge in [0.25, 0.3) is 0 Å². The van der Waals surface area contributed by atoms with E-state index in [1.807, 2.05) is 20.9 Å². The van der Waals surface area contributed by atoms with E-state index in [-0.39, 0.29) is 17.9 Å². The van der Waals surface area contributed by atoms with Crippen molar-refractivity contribution in [3.05, 3.63) is 6.33 Å². The lowest BCUT2D eigenvalue weighted by Crippen LogP contribution is -2.39. The number of aliphatic hydroxyl groups is 1. The zero-order chi connectivity index (χ0) is 11.4. The number of aryl methyl sites for hydroxylation is 1. The standard InChI is InChI=1S/C9H18N4OS/c1-6(2)8(10)7(4-14)15-9-11-5-12-13(9)3/h5-8,14H,4,10H2,1-3H3. The Hall–Kier alpha value is -0.590. The Morgan fingerprint density at radius 2 is 2.27 bits per heavy atom. The highest BCUT2D eigenvalue weighted by Crippen LogP contribution is 2.24. The van der Waals surface area contributed by atoms with Gasteiger partial charge in [0.05, 0.1) is 11.9 Å². The number of aromatic nitrogens is 3. The van der Waals surface area contributed by atoms with Crippen molar-refractivity contribution in [3.8, 4) is 0 Å². The zero-order valence-electron chi connectivity index (χ0n) is 9.29. The van der Waals surface area contributed by atoms with E-state index < -0.39 is 0 Å². The van der Waals surface area contributed by atoms with Gasteiger partial charge in [-0.2, -0.15) is 5.10 Å². The molecule has 0 amide bonds. The van der Waals surface area contributed by atoms with Gasteiger partial charge in [0.15, 0.2) is 5.16 Å². The Balaban J connectivity index is 2.65. The van der Waals surface area contributed by atoms with Gasteiger partial charge in [-0.25, -0.2) is 9.67 Å². The fourth-order valence-corrected chi connectivity index (χ4v) is 2.32.